The first kappa shape index (κ1) is 22.8. The number of carbonyl (C=O) groups excluding carboxylic acids is 1. The smallest absolute Gasteiger partial charge is 0.279 e. The van der Waals surface area contributed by atoms with Crippen LogP contribution in [0.25, 0.3) is 0 Å². The first-order valence-corrected chi connectivity index (χ1v) is 10.8. The van der Waals surface area contributed by atoms with Gasteiger partial charge in [-0.25, -0.2) is 8.42 Å². The van der Waals surface area contributed by atoms with Gasteiger partial charge in [0.1, 0.15) is 22.2 Å². The zero-order chi connectivity index (χ0) is 22.3. The molecule has 0 atom stereocenters. The third-order valence-electron chi connectivity index (χ3n) is 3.47. The van der Waals surface area contributed by atoms with Crippen LogP contribution in [0.15, 0.2) is 52.5 Å². The molecule has 0 saturated carbocycles. The molecule has 0 aliphatic heterocycles. The third kappa shape index (κ3) is 6.83. The van der Waals surface area contributed by atoms with E-state index >= 15 is 0 Å². The van der Waals surface area contributed by atoms with Crippen molar-refractivity contribution in [1.29, 1.82) is 0 Å². The number of ether oxygens (including phenoxy) is 2. The normalized spacial score (nSPS) is 12.0. The van der Waals surface area contributed by atoms with E-state index in [1.807, 2.05) is 13.8 Å². The number of rotatable bonds is 8. The zero-order valence-electron chi connectivity index (χ0n) is 17.1. The molecule has 2 aromatic rings. The molecular formula is C21H23N3O5S. The highest BCUT2D eigenvalue weighted by Gasteiger charge is 2.12. The van der Waals surface area contributed by atoms with Crippen molar-refractivity contribution in [2.45, 2.75) is 24.8 Å². The van der Waals surface area contributed by atoms with E-state index in [1.165, 1.54) is 30.3 Å². The van der Waals surface area contributed by atoms with Gasteiger partial charge >= 0.3 is 0 Å². The Hall–Kier alpha value is -3.51. The highest BCUT2D eigenvalue weighted by atomic mass is 32.2. The predicted molar refractivity (Wildman–Crippen MR) is 114 cm³/mol. The summed E-state index contributed by atoms with van der Waals surface area (Å²) in [6, 6.07) is 12.6. The van der Waals surface area contributed by atoms with Gasteiger partial charge in [0.2, 0.25) is 0 Å². The molecule has 8 nitrogen and oxygen atoms in total. The summed E-state index contributed by atoms with van der Waals surface area (Å²) in [5, 5.41) is 2.76. The fourth-order valence-electron chi connectivity index (χ4n) is 2.24. The number of nitrogens with zero attached hydrogens (tertiary/aromatic N) is 1. The Morgan fingerprint density at radius 1 is 1.20 bits per heavy atom. The summed E-state index contributed by atoms with van der Waals surface area (Å²) in [5.41, 5.74) is 5.92. The zero-order valence-corrected chi connectivity index (χ0v) is 17.9. The molecule has 0 bridgehead atoms. The van der Waals surface area contributed by atoms with Gasteiger partial charge in [0.15, 0.2) is 15.6 Å². The minimum atomic E-state index is -3.39. The Kier molecular flexibility index (Phi) is 7.44. The van der Waals surface area contributed by atoms with Gasteiger partial charge in [0.05, 0.1) is 6.10 Å². The maximum atomic E-state index is 12.5. The molecule has 0 unspecified atom stereocenters. The number of benzene rings is 1. The molecule has 0 aliphatic rings. The lowest BCUT2D eigenvalue weighted by Crippen LogP contribution is -2.13. The molecule has 9 heteroatoms. The molecule has 3 N–H and O–H groups in total. The van der Waals surface area contributed by atoms with Crippen molar-refractivity contribution in [1.82, 2.24) is 5.32 Å². The van der Waals surface area contributed by atoms with Crippen LogP contribution in [0.4, 0.5) is 0 Å². The second-order valence-electron chi connectivity index (χ2n) is 6.51. The molecule has 2 rings (SSSR count). The van der Waals surface area contributed by atoms with Crippen LogP contribution in [0.3, 0.4) is 0 Å². The lowest BCUT2D eigenvalue weighted by Gasteiger charge is -2.13. The summed E-state index contributed by atoms with van der Waals surface area (Å²) < 4.78 is 34.5. The van der Waals surface area contributed by atoms with E-state index in [2.05, 4.69) is 22.4 Å². The fraction of sp³-hybridized carbons (Fsp3) is 0.238. The maximum Gasteiger partial charge on any atom is 0.279 e. The van der Waals surface area contributed by atoms with Crippen molar-refractivity contribution in [3.63, 3.8) is 0 Å². The number of amidine groups is 1. The monoisotopic (exact) mass is 429 g/mol. The summed E-state index contributed by atoms with van der Waals surface area (Å²) in [6.07, 6.45) is 3.95. The highest BCUT2D eigenvalue weighted by molar-refractivity contribution is 7.90. The Labute approximate surface area is 176 Å². The van der Waals surface area contributed by atoms with Crippen LogP contribution in [-0.4, -0.2) is 39.6 Å². The molecule has 158 valence electrons. The minimum absolute atomic E-state index is 0.00189. The van der Waals surface area contributed by atoms with Gasteiger partial charge in [-0.3, -0.25) is 4.79 Å². The molecular weight excluding hydrogens is 406 g/mol. The quantitative estimate of drug-likeness (QED) is 0.489. The van der Waals surface area contributed by atoms with Crippen molar-refractivity contribution in [3.05, 3.63) is 60.3 Å². The Balaban J connectivity index is 2.36. The van der Waals surface area contributed by atoms with Gasteiger partial charge in [-0.1, -0.05) is 0 Å². The van der Waals surface area contributed by atoms with Gasteiger partial charge in [-0.15, -0.1) is 0 Å². The molecule has 0 aliphatic carbocycles. The standard InChI is InChI=1S/C21H23N3O5S/c1-14(2)28-17-11-15(21(25)24-20(22)9-10-23-3)12-18(13-17)29-16-5-7-19(8-6-16)30(4,26)27/h5,7,9-14,23H,1-4H3,(H2,22,24,25)/b10-9-. The number of hydrogen-bond acceptors (Lipinski definition) is 6. The van der Waals surface area contributed by atoms with Gasteiger partial charge in [-0.2, -0.15) is 4.99 Å². The molecule has 0 radical (unpaired) electrons. The SMILES string of the molecule is CN/C=C\C(N)=NC(=O)c1cc(Oc2c#cc(S(C)(=O)=O)cc2)cc(OC(C)C)c1. The molecule has 2 aromatic carbocycles. The highest BCUT2D eigenvalue weighted by Crippen LogP contribution is 2.28. The van der Waals surface area contributed by atoms with Gasteiger partial charge in [0.25, 0.3) is 5.91 Å². The van der Waals surface area contributed by atoms with Crippen LogP contribution >= 0.6 is 0 Å². The Bertz CT molecular complexity index is 1060. The van der Waals surface area contributed by atoms with Crippen LogP contribution < -0.4 is 20.5 Å². The topological polar surface area (TPSA) is 120 Å². The summed E-state index contributed by atoms with van der Waals surface area (Å²) in [6.45, 7) is 3.70. The molecule has 0 fully saturated rings. The molecule has 30 heavy (non-hydrogen) atoms. The predicted octanol–water partition coefficient (Wildman–Crippen LogP) is 2.50. The number of carbonyl (C=O) groups is 1. The van der Waals surface area contributed by atoms with Crippen molar-refractivity contribution in [2.75, 3.05) is 13.3 Å². The summed E-state index contributed by atoms with van der Waals surface area (Å²) in [7, 11) is -1.70. The average Bonchev–Trinajstić information content (AvgIpc) is 2.65. The van der Waals surface area contributed by atoms with E-state index in [4.69, 9.17) is 15.2 Å². The Morgan fingerprint density at radius 3 is 2.47 bits per heavy atom. The molecule has 0 heterocycles. The second-order valence-corrected chi connectivity index (χ2v) is 8.49. The van der Waals surface area contributed by atoms with Crippen LogP contribution in [0.5, 0.6) is 17.2 Å². The second kappa shape index (κ2) is 9.80. The van der Waals surface area contributed by atoms with E-state index < -0.39 is 15.7 Å². The van der Waals surface area contributed by atoms with E-state index in [-0.39, 0.29) is 33.9 Å². The number of sulfone groups is 1. The van der Waals surface area contributed by atoms with Crippen LogP contribution in [-0.2, 0) is 9.84 Å². The van der Waals surface area contributed by atoms with Crippen molar-refractivity contribution >= 4 is 21.6 Å². The van der Waals surface area contributed by atoms with Crippen LogP contribution in [0.1, 0.15) is 24.2 Å². The largest absolute Gasteiger partial charge is 0.491 e. The maximum absolute atomic E-state index is 12.5. The lowest BCUT2D eigenvalue weighted by atomic mass is 10.2. The van der Waals surface area contributed by atoms with E-state index in [0.717, 1.165) is 6.26 Å². The number of hydrogen-bond donors (Lipinski definition) is 2. The summed E-state index contributed by atoms with van der Waals surface area (Å²) in [5.74, 6) is 0.374. The number of nitrogens with one attached hydrogen (secondary N) is 1. The van der Waals surface area contributed by atoms with E-state index in [9.17, 15) is 13.2 Å². The van der Waals surface area contributed by atoms with Gasteiger partial charge < -0.3 is 20.5 Å². The summed E-state index contributed by atoms with van der Waals surface area (Å²) >= 11 is 0. The first-order chi connectivity index (χ1) is 14.1. The fourth-order valence-corrected chi connectivity index (χ4v) is 2.79. The lowest BCUT2D eigenvalue weighted by molar-refractivity contribution is 0.100. The molecule has 1 amide bonds. The molecule has 0 aromatic heterocycles. The first-order valence-electron chi connectivity index (χ1n) is 8.94. The molecule has 0 spiro atoms. The molecule has 0 saturated heterocycles. The van der Waals surface area contributed by atoms with Crippen molar-refractivity contribution in [2.24, 2.45) is 10.7 Å². The Morgan fingerprint density at radius 2 is 1.90 bits per heavy atom. The van der Waals surface area contributed by atoms with E-state index in [1.54, 1.807) is 19.3 Å². The number of nitrogens with two attached hydrogens (primary N) is 1. The van der Waals surface area contributed by atoms with Gasteiger partial charge in [0, 0.05) is 24.9 Å². The minimum Gasteiger partial charge on any atom is -0.491 e. The third-order valence-corrected chi connectivity index (χ3v) is 4.51. The van der Waals surface area contributed by atoms with Crippen LogP contribution in [0.2, 0.25) is 0 Å². The summed E-state index contributed by atoms with van der Waals surface area (Å²) in [4.78, 5) is 16.3. The van der Waals surface area contributed by atoms with Gasteiger partial charge in [-0.05, 0) is 62.5 Å². The van der Waals surface area contributed by atoms with E-state index in [0.29, 0.717) is 5.75 Å². The van der Waals surface area contributed by atoms with Crippen molar-refractivity contribution < 1.29 is 22.7 Å². The van der Waals surface area contributed by atoms with Crippen LogP contribution in [0, 0.1) is 12.1 Å². The number of amides is 1. The average molecular weight is 429 g/mol. The number of aliphatic imine (C=N–C) groups is 1. The van der Waals surface area contributed by atoms with Crippen molar-refractivity contribution in [3.8, 4) is 17.2 Å².